The highest BCUT2D eigenvalue weighted by atomic mass is 16.5. The molecule has 2 aromatic carbocycles. The van der Waals surface area contributed by atoms with Crippen LogP contribution in [0, 0.1) is 5.92 Å². The number of nitrogens with one attached hydrogen (secondary N) is 2. The van der Waals surface area contributed by atoms with Gasteiger partial charge in [0.15, 0.2) is 0 Å². The maximum atomic E-state index is 13.8. The first-order valence-electron chi connectivity index (χ1n) is 11.4. The van der Waals surface area contributed by atoms with Crippen LogP contribution in [-0.4, -0.2) is 54.9 Å². The normalized spacial score (nSPS) is 18.7. The molecule has 2 aromatic rings. The van der Waals surface area contributed by atoms with Crippen molar-refractivity contribution < 1.29 is 19.1 Å². The lowest BCUT2D eigenvalue weighted by molar-refractivity contribution is -0.136. The molecule has 2 aliphatic heterocycles. The number of hydrogen-bond donors (Lipinski definition) is 2. The molecule has 0 radical (unpaired) electrons. The van der Waals surface area contributed by atoms with Crippen molar-refractivity contribution in [3.05, 3.63) is 77.0 Å². The van der Waals surface area contributed by atoms with Gasteiger partial charge < -0.3 is 20.3 Å². The van der Waals surface area contributed by atoms with Gasteiger partial charge >= 0.3 is 6.03 Å². The van der Waals surface area contributed by atoms with E-state index in [1.807, 2.05) is 56.3 Å². The quantitative estimate of drug-likeness (QED) is 0.662. The van der Waals surface area contributed by atoms with Crippen LogP contribution < -0.4 is 15.4 Å². The van der Waals surface area contributed by atoms with Crippen molar-refractivity contribution in [3.63, 3.8) is 0 Å². The lowest BCUT2D eigenvalue weighted by Crippen LogP contribution is -2.45. The zero-order valence-electron chi connectivity index (χ0n) is 19.9. The highest BCUT2D eigenvalue weighted by Crippen LogP contribution is 2.39. The Morgan fingerprint density at radius 2 is 1.79 bits per heavy atom. The van der Waals surface area contributed by atoms with Crippen molar-refractivity contribution in [2.24, 2.45) is 5.92 Å². The molecule has 0 aromatic heterocycles. The number of ether oxygens (including phenoxy) is 1. The van der Waals surface area contributed by atoms with E-state index in [1.165, 1.54) is 4.90 Å². The molecule has 0 aliphatic carbocycles. The minimum Gasteiger partial charge on any atom is -0.497 e. The summed E-state index contributed by atoms with van der Waals surface area (Å²) in [6.45, 7) is 4.71. The molecular formula is C26H30N4O4. The van der Waals surface area contributed by atoms with Crippen LogP contribution in [0.5, 0.6) is 5.75 Å². The molecule has 8 nitrogen and oxygen atoms in total. The summed E-state index contributed by atoms with van der Waals surface area (Å²) in [5.74, 6) is 0.447. The minimum absolute atomic E-state index is 0.166. The van der Waals surface area contributed by atoms with Crippen LogP contribution in [0.25, 0.3) is 0 Å². The SMILES string of the molecule is COc1ccc([C@@H]2NC(=O)N(C)C3=C2C(=O)N([C@H](C(=O)NCC(C)C)c2ccccc2)C3)cc1. The number of urea groups is 1. The second-order valence-corrected chi connectivity index (χ2v) is 8.96. The Balaban J connectivity index is 1.71. The number of nitrogens with zero attached hydrogens (tertiary/aromatic N) is 2. The van der Waals surface area contributed by atoms with E-state index in [1.54, 1.807) is 31.2 Å². The lowest BCUT2D eigenvalue weighted by Gasteiger charge is -2.31. The molecule has 0 spiro atoms. The number of amides is 4. The van der Waals surface area contributed by atoms with Crippen LogP contribution in [0.15, 0.2) is 65.9 Å². The zero-order chi connectivity index (χ0) is 24.4. The summed E-state index contributed by atoms with van der Waals surface area (Å²) in [4.78, 5) is 42.9. The second-order valence-electron chi connectivity index (χ2n) is 8.96. The third-order valence-electron chi connectivity index (χ3n) is 6.20. The number of rotatable bonds is 7. The van der Waals surface area contributed by atoms with Gasteiger partial charge in [-0.15, -0.1) is 0 Å². The molecule has 0 fully saturated rings. The molecule has 2 aliphatic rings. The molecule has 4 rings (SSSR count). The molecule has 2 atom stereocenters. The summed E-state index contributed by atoms with van der Waals surface area (Å²) in [7, 11) is 3.22. The molecule has 4 amide bonds. The van der Waals surface area contributed by atoms with Gasteiger partial charge in [0.1, 0.15) is 11.8 Å². The summed E-state index contributed by atoms with van der Waals surface area (Å²) in [5, 5.41) is 5.90. The van der Waals surface area contributed by atoms with Gasteiger partial charge in [-0.1, -0.05) is 56.3 Å². The summed E-state index contributed by atoms with van der Waals surface area (Å²) < 4.78 is 5.24. The van der Waals surface area contributed by atoms with Crippen molar-refractivity contribution in [3.8, 4) is 5.75 Å². The average Bonchev–Trinajstić information content (AvgIpc) is 3.18. The molecule has 0 bridgehead atoms. The van der Waals surface area contributed by atoms with Crippen molar-refractivity contribution in [2.75, 3.05) is 27.2 Å². The maximum Gasteiger partial charge on any atom is 0.322 e. The van der Waals surface area contributed by atoms with Crippen LogP contribution >= 0.6 is 0 Å². The molecule has 0 saturated carbocycles. The van der Waals surface area contributed by atoms with E-state index in [0.29, 0.717) is 23.6 Å². The molecule has 8 heteroatoms. The molecule has 0 unspecified atom stereocenters. The van der Waals surface area contributed by atoms with Gasteiger partial charge in [-0.25, -0.2) is 4.79 Å². The van der Waals surface area contributed by atoms with Crippen molar-refractivity contribution in [2.45, 2.75) is 25.9 Å². The smallest absolute Gasteiger partial charge is 0.322 e. The highest BCUT2D eigenvalue weighted by Gasteiger charge is 2.46. The number of likely N-dealkylation sites (N-methyl/N-ethyl adjacent to an activating group) is 1. The van der Waals surface area contributed by atoms with E-state index in [-0.39, 0.29) is 30.3 Å². The number of methoxy groups -OCH3 is 1. The molecule has 34 heavy (non-hydrogen) atoms. The Kier molecular flexibility index (Phi) is 6.58. The fourth-order valence-corrected chi connectivity index (χ4v) is 4.35. The van der Waals surface area contributed by atoms with Gasteiger partial charge in [0.2, 0.25) is 5.91 Å². The number of benzene rings is 2. The summed E-state index contributed by atoms with van der Waals surface area (Å²) >= 11 is 0. The van der Waals surface area contributed by atoms with Gasteiger partial charge in [-0.05, 0) is 29.2 Å². The van der Waals surface area contributed by atoms with E-state index in [4.69, 9.17) is 4.74 Å². The zero-order valence-corrected chi connectivity index (χ0v) is 19.9. The van der Waals surface area contributed by atoms with Crippen molar-refractivity contribution in [1.29, 1.82) is 0 Å². The first-order chi connectivity index (χ1) is 16.3. The Morgan fingerprint density at radius 1 is 1.12 bits per heavy atom. The number of carbonyl (C=O) groups excluding carboxylic acids is 3. The van der Waals surface area contributed by atoms with Gasteiger partial charge in [-0.3, -0.25) is 14.5 Å². The van der Waals surface area contributed by atoms with Crippen LogP contribution in [0.1, 0.15) is 37.1 Å². The first-order valence-corrected chi connectivity index (χ1v) is 11.4. The van der Waals surface area contributed by atoms with E-state index in [9.17, 15) is 14.4 Å². The van der Waals surface area contributed by atoms with Gasteiger partial charge in [0, 0.05) is 13.6 Å². The Hall–Kier alpha value is -3.81. The van der Waals surface area contributed by atoms with Crippen LogP contribution in [0.2, 0.25) is 0 Å². The molecule has 178 valence electrons. The monoisotopic (exact) mass is 462 g/mol. The van der Waals surface area contributed by atoms with E-state index < -0.39 is 12.1 Å². The molecule has 2 heterocycles. The van der Waals surface area contributed by atoms with Crippen LogP contribution in [0.3, 0.4) is 0 Å². The first kappa shape index (κ1) is 23.4. The van der Waals surface area contributed by atoms with Crippen LogP contribution in [0.4, 0.5) is 4.79 Å². The fourth-order valence-electron chi connectivity index (χ4n) is 4.35. The van der Waals surface area contributed by atoms with Crippen molar-refractivity contribution >= 4 is 17.8 Å². The maximum absolute atomic E-state index is 13.8. The largest absolute Gasteiger partial charge is 0.497 e. The van der Waals surface area contributed by atoms with Gasteiger partial charge in [-0.2, -0.15) is 0 Å². The third kappa shape index (κ3) is 4.35. The van der Waals surface area contributed by atoms with E-state index in [0.717, 1.165) is 11.1 Å². The topological polar surface area (TPSA) is 91.0 Å². The third-order valence-corrected chi connectivity index (χ3v) is 6.20. The number of carbonyl (C=O) groups is 3. The fraction of sp³-hybridized carbons (Fsp3) is 0.346. The molecule has 2 N–H and O–H groups in total. The minimum atomic E-state index is -0.807. The molecular weight excluding hydrogens is 432 g/mol. The lowest BCUT2D eigenvalue weighted by atomic mass is 9.95. The Labute approximate surface area is 199 Å². The van der Waals surface area contributed by atoms with Gasteiger partial charge in [0.25, 0.3) is 5.91 Å². The van der Waals surface area contributed by atoms with Crippen LogP contribution in [-0.2, 0) is 9.59 Å². The Morgan fingerprint density at radius 3 is 2.41 bits per heavy atom. The predicted octanol–water partition coefficient (Wildman–Crippen LogP) is 3.00. The predicted molar refractivity (Wildman–Crippen MR) is 128 cm³/mol. The molecule has 0 saturated heterocycles. The average molecular weight is 463 g/mol. The summed E-state index contributed by atoms with van der Waals surface area (Å²) in [6, 6.07) is 14.8. The second kappa shape index (κ2) is 9.59. The van der Waals surface area contributed by atoms with E-state index >= 15 is 0 Å². The number of hydrogen-bond acceptors (Lipinski definition) is 4. The van der Waals surface area contributed by atoms with E-state index in [2.05, 4.69) is 10.6 Å². The standard InChI is InChI=1S/C26H30N4O4/c1-16(2)14-27-24(31)23(18-8-6-5-7-9-18)30-15-20-21(25(30)32)22(28-26(33)29(20)3)17-10-12-19(34-4)13-11-17/h5-13,16,22-23H,14-15H2,1-4H3,(H,27,31)(H,28,33)/t22-,23-/m0/s1. The Bertz CT molecular complexity index is 1110. The highest BCUT2D eigenvalue weighted by molar-refractivity contribution is 6.03. The van der Waals surface area contributed by atoms with Crippen molar-refractivity contribution in [1.82, 2.24) is 20.4 Å². The van der Waals surface area contributed by atoms with Gasteiger partial charge in [0.05, 0.1) is 31.0 Å². The summed E-state index contributed by atoms with van der Waals surface area (Å²) in [6.07, 6.45) is 0. The summed E-state index contributed by atoms with van der Waals surface area (Å²) in [5.41, 5.74) is 2.57.